The number of methoxy groups -OCH3 is 1. The zero-order valence-electron chi connectivity index (χ0n) is 11.1. The highest BCUT2D eigenvalue weighted by Crippen LogP contribution is 2.23. The molecule has 0 saturated carbocycles. The molecule has 17 heavy (non-hydrogen) atoms. The van der Waals surface area contributed by atoms with Crippen molar-refractivity contribution in [2.24, 2.45) is 5.92 Å². The largest absolute Gasteiger partial charge is 0.496 e. The quantitative estimate of drug-likeness (QED) is 0.858. The predicted molar refractivity (Wildman–Crippen MR) is 76.5 cm³/mol. The minimum Gasteiger partial charge on any atom is -0.496 e. The van der Waals surface area contributed by atoms with E-state index in [0.717, 1.165) is 16.8 Å². The van der Waals surface area contributed by atoms with E-state index in [-0.39, 0.29) is 0 Å². The van der Waals surface area contributed by atoms with E-state index in [1.54, 1.807) is 7.11 Å². The molecule has 1 N–H and O–H groups in total. The highest BCUT2D eigenvalue weighted by molar-refractivity contribution is 9.10. The molecular weight excluding hydrogens is 278 g/mol. The number of hydrogen-bond acceptors (Lipinski definition) is 2. The van der Waals surface area contributed by atoms with Crippen molar-refractivity contribution in [2.75, 3.05) is 7.11 Å². The Kier molecular flexibility index (Phi) is 6.00. The average Bonchev–Trinajstić information content (AvgIpc) is 2.35. The summed E-state index contributed by atoms with van der Waals surface area (Å²) in [6.07, 6.45) is 1.20. The zero-order valence-corrected chi connectivity index (χ0v) is 12.7. The number of halogens is 1. The fraction of sp³-hybridized carbons (Fsp3) is 0.571. The van der Waals surface area contributed by atoms with Gasteiger partial charge >= 0.3 is 0 Å². The molecule has 2 nitrogen and oxygen atoms in total. The first-order valence-electron chi connectivity index (χ1n) is 6.14. The van der Waals surface area contributed by atoms with Crippen molar-refractivity contribution < 1.29 is 4.74 Å². The number of benzene rings is 1. The Balaban J connectivity index is 2.65. The molecule has 0 aliphatic carbocycles. The minimum atomic E-state index is 0.517. The SMILES string of the molecule is CCC(C)C(C)NCc1cc(Br)ccc1OC. The summed E-state index contributed by atoms with van der Waals surface area (Å²) < 4.78 is 6.45. The normalized spacial score (nSPS) is 14.4. The van der Waals surface area contributed by atoms with E-state index in [0.29, 0.717) is 12.0 Å². The van der Waals surface area contributed by atoms with Crippen LogP contribution in [-0.2, 0) is 6.54 Å². The third kappa shape index (κ3) is 4.32. The molecule has 0 aliphatic rings. The van der Waals surface area contributed by atoms with Crippen LogP contribution in [0.5, 0.6) is 5.75 Å². The van der Waals surface area contributed by atoms with Crippen LogP contribution in [0.25, 0.3) is 0 Å². The third-order valence-corrected chi connectivity index (χ3v) is 3.85. The molecule has 0 bridgehead atoms. The lowest BCUT2D eigenvalue weighted by Crippen LogP contribution is -2.31. The Bertz CT molecular complexity index is 354. The monoisotopic (exact) mass is 299 g/mol. The maximum atomic E-state index is 5.36. The Morgan fingerprint density at radius 1 is 1.35 bits per heavy atom. The van der Waals surface area contributed by atoms with Gasteiger partial charge in [-0.3, -0.25) is 0 Å². The summed E-state index contributed by atoms with van der Waals surface area (Å²) in [5.41, 5.74) is 1.19. The fourth-order valence-corrected chi connectivity index (χ4v) is 2.12. The number of hydrogen-bond donors (Lipinski definition) is 1. The topological polar surface area (TPSA) is 21.3 Å². The Labute approximate surface area is 113 Å². The van der Waals surface area contributed by atoms with E-state index in [2.05, 4.69) is 48.1 Å². The third-order valence-electron chi connectivity index (χ3n) is 3.35. The van der Waals surface area contributed by atoms with E-state index < -0.39 is 0 Å². The first-order valence-corrected chi connectivity index (χ1v) is 6.93. The molecule has 1 aromatic rings. The maximum Gasteiger partial charge on any atom is 0.123 e. The molecule has 0 saturated heterocycles. The van der Waals surface area contributed by atoms with Crippen molar-refractivity contribution in [3.8, 4) is 5.75 Å². The molecule has 2 unspecified atom stereocenters. The van der Waals surface area contributed by atoms with Crippen LogP contribution in [0.15, 0.2) is 22.7 Å². The Morgan fingerprint density at radius 2 is 2.06 bits per heavy atom. The van der Waals surface area contributed by atoms with E-state index in [1.807, 2.05) is 12.1 Å². The number of ether oxygens (including phenoxy) is 1. The zero-order chi connectivity index (χ0) is 12.8. The molecule has 0 spiro atoms. The minimum absolute atomic E-state index is 0.517. The van der Waals surface area contributed by atoms with Crippen LogP contribution in [0.3, 0.4) is 0 Å². The smallest absolute Gasteiger partial charge is 0.123 e. The molecule has 0 radical (unpaired) electrons. The van der Waals surface area contributed by atoms with Crippen molar-refractivity contribution >= 4 is 15.9 Å². The molecule has 0 heterocycles. The number of rotatable bonds is 6. The average molecular weight is 300 g/mol. The van der Waals surface area contributed by atoms with Gasteiger partial charge in [-0.05, 0) is 31.0 Å². The lowest BCUT2D eigenvalue weighted by molar-refractivity contribution is 0.378. The van der Waals surface area contributed by atoms with Gasteiger partial charge in [0.25, 0.3) is 0 Å². The standard InChI is InChI=1S/C14H22BrNO/c1-5-10(2)11(3)16-9-12-8-13(15)6-7-14(12)17-4/h6-8,10-11,16H,5,9H2,1-4H3. The van der Waals surface area contributed by atoms with Crippen LogP contribution in [0, 0.1) is 5.92 Å². The summed E-state index contributed by atoms with van der Waals surface area (Å²) in [6.45, 7) is 7.57. The second-order valence-corrected chi connectivity index (χ2v) is 5.43. The van der Waals surface area contributed by atoms with Gasteiger partial charge in [0, 0.05) is 22.6 Å². The van der Waals surface area contributed by atoms with E-state index in [4.69, 9.17) is 4.74 Å². The van der Waals surface area contributed by atoms with Crippen molar-refractivity contribution in [3.63, 3.8) is 0 Å². The Morgan fingerprint density at radius 3 is 2.65 bits per heavy atom. The van der Waals surface area contributed by atoms with Gasteiger partial charge in [0.2, 0.25) is 0 Å². The van der Waals surface area contributed by atoms with Gasteiger partial charge in [0.15, 0.2) is 0 Å². The molecule has 96 valence electrons. The summed E-state index contributed by atoms with van der Waals surface area (Å²) in [7, 11) is 1.71. The summed E-state index contributed by atoms with van der Waals surface area (Å²) >= 11 is 3.49. The van der Waals surface area contributed by atoms with Crippen molar-refractivity contribution in [1.82, 2.24) is 5.32 Å². The van der Waals surface area contributed by atoms with E-state index in [1.165, 1.54) is 12.0 Å². The highest BCUT2D eigenvalue weighted by atomic mass is 79.9. The van der Waals surface area contributed by atoms with Crippen LogP contribution >= 0.6 is 15.9 Å². The summed E-state index contributed by atoms with van der Waals surface area (Å²) in [6, 6.07) is 6.62. The van der Waals surface area contributed by atoms with Crippen molar-refractivity contribution in [1.29, 1.82) is 0 Å². The summed E-state index contributed by atoms with van der Waals surface area (Å²) in [4.78, 5) is 0. The van der Waals surface area contributed by atoms with Gasteiger partial charge in [-0.2, -0.15) is 0 Å². The van der Waals surface area contributed by atoms with Gasteiger partial charge in [-0.15, -0.1) is 0 Å². The van der Waals surface area contributed by atoms with Gasteiger partial charge in [-0.1, -0.05) is 36.2 Å². The molecule has 1 aromatic carbocycles. The molecule has 2 atom stereocenters. The first kappa shape index (κ1) is 14.5. The molecule has 1 rings (SSSR count). The van der Waals surface area contributed by atoms with Gasteiger partial charge in [0.1, 0.15) is 5.75 Å². The summed E-state index contributed by atoms with van der Waals surface area (Å²) in [5, 5.41) is 3.55. The summed E-state index contributed by atoms with van der Waals surface area (Å²) in [5.74, 6) is 1.63. The van der Waals surface area contributed by atoms with Crippen molar-refractivity contribution in [2.45, 2.75) is 39.8 Å². The molecular formula is C14H22BrNO. The fourth-order valence-electron chi connectivity index (χ4n) is 1.71. The van der Waals surface area contributed by atoms with Crippen molar-refractivity contribution in [3.05, 3.63) is 28.2 Å². The van der Waals surface area contributed by atoms with Gasteiger partial charge < -0.3 is 10.1 Å². The number of nitrogens with one attached hydrogen (secondary N) is 1. The first-order chi connectivity index (χ1) is 8.08. The van der Waals surface area contributed by atoms with Crippen LogP contribution in [-0.4, -0.2) is 13.2 Å². The molecule has 0 fully saturated rings. The highest BCUT2D eigenvalue weighted by Gasteiger charge is 2.10. The van der Waals surface area contributed by atoms with E-state index >= 15 is 0 Å². The predicted octanol–water partition coefficient (Wildman–Crippen LogP) is 3.98. The second-order valence-electron chi connectivity index (χ2n) is 4.51. The van der Waals surface area contributed by atoms with Gasteiger partial charge in [-0.25, -0.2) is 0 Å². The van der Waals surface area contributed by atoms with Gasteiger partial charge in [0.05, 0.1) is 7.11 Å². The maximum absolute atomic E-state index is 5.36. The van der Waals surface area contributed by atoms with Crippen LogP contribution in [0.2, 0.25) is 0 Å². The second kappa shape index (κ2) is 7.02. The van der Waals surface area contributed by atoms with Crippen LogP contribution in [0.1, 0.15) is 32.8 Å². The molecule has 3 heteroatoms. The lowest BCUT2D eigenvalue weighted by Gasteiger charge is -2.20. The van der Waals surface area contributed by atoms with Crippen LogP contribution < -0.4 is 10.1 Å². The van der Waals surface area contributed by atoms with Crippen LogP contribution in [0.4, 0.5) is 0 Å². The molecule has 0 amide bonds. The Hall–Kier alpha value is -0.540. The molecule has 0 aromatic heterocycles. The molecule has 0 aliphatic heterocycles. The van der Waals surface area contributed by atoms with E-state index in [9.17, 15) is 0 Å². The lowest BCUT2D eigenvalue weighted by atomic mass is 10.0.